The molecule has 1 heteroatoms. The van der Waals surface area contributed by atoms with Crippen molar-refractivity contribution in [3.8, 4) is 0 Å². The van der Waals surface area contributed by atoms with Gasteiger partial charge in [-0.05, 0) is 54.4 Å². The smallest absolute Gasteiger partial charge is 0.0204 e. The highest BCUT2D eigenvalue weighted by atomic mass is 32.2. The number of rotatable bonds is 1. The van der Waals surface area contributed by atoms with Crippen molar-refractivity contribution < 1.29 is 0 Å². The molecule has 2 unspecified atom stereocenters. The Hall–Kier alpha value is -1.21. The van der Waals surface area contributed by atoms with Gasteiger partial charge in [0.15, 0.2) is 0 Å². The SMILES string of the molecule is c1ccc2c(c1)CC(C1CCCc3ccccc31)S2. The second-order valence-electron chi connectivity index (χ2n) is 5.67. The van der Waals surface area contributed by atoms with Gasteiger partial charge >= 0.3 is 0 Å². The number of benzene rings is 2. The maximum atomic E-state index is 2.36. The van der Waals surface area contributed by atoms with Crippen LogP contribution in [0, 0.1) is 0 Å². The van der Waals surface area contributed by atoms with E-state index in [4.69, 9.17) is 0 Å². The highest BCUT2D eigenvalue weighted by molar-refractivity contribution is 8.00. The van der Waals surface area contributed by atoms with Gasteiger partial charge in [-0.1, -0.05) is 42.5 Å². The maximum absolute atomic E-state index is 2.36. The third-order valence-corrected chi connectivity index (χ3v) is 5.99. The zero-order valence-electron chi connectivity index (χ0n) is 11.0. The lowest BCUT2D eigenvalue weighted by molar-refractivity contribution is 0.535. The highest BCUT2D eigenvalue weighted by Gasteiger charge is 2.32. The summed E-state index contributed by atoms with van der Waals surface area (Å²) in [6, 6.07) is 18.0. The maximum Gasteiger partial charge on any atom is 0.0204 e. The summed E-state index contributed by atoms with van der Waals surface area (Å²) in [6.45, 7) is 0. The Bertz CT molecular complexity index is 577. The molecule has 1 aliphatic carbocycles. The number of thioether (sulfide) groups is 1. The molecule has 0 spiro atoms. The van der Waals surface area contributed by atoms with Crippen LogP contribution in [0.4, 0.5) is 0 Å². The largest absolute Gasteiger partial charge is 0.121 e. The van der Waals surface area contributed by atoms with E-state index in [1.54, 1.807) is 16.7 Å². The van der Waals surface area contributed by atoms with Crippen LogP contribution < -0.4 is 0 Å². The summed E-state index contributed by atoms with van der Waals surface area (Å²) in [4.78, 5) is 1.51. The monoisotopic (exact) mass is 266 g/mol. The van der Waals surface area contributed by atoms with Crippen molar-refractivity contribution in [1.82, 2.24) is 0 Å². The van der Waals surface area contributed by atoms with Gasteiger partial charge in [0.1, 0.15) is 0 Å². The average Bonchev–Trinajstić information content (AvgIpc) is 2.90. The summed E-state index contributed by atoms with van der Waals surface area (Å²) in [5, 5.41) is 0.749. The van der Waals surface area contributed by atoms with E-state index in [-0.39, 0.29) is 0 Å². The van der Waals surface area contributed by atoms with Gasteiger partial charge in [0.25, 0.3) is 0 Å². The molecule has 2 aromatic rings. The second-order valence-corrected chi connectivity index (χ2v) is 6.95. The van der Waals surface area contributed by atoms with Gasteiger partial charge in [0.2, 0.25) is 0 Å². The minimum absolute atomic E-state index is 0.749. The number of hydrogen-bond donors (Lipinski definition) is 0. The van der Waals surface area contributed by atoms with Gasteiger partial charge in [-0.3, -0.25) is 0 Å². The van der Waals surface area contributed by atoms with Crippen LogP contribution in [0.1, 0.15) is 35.4 Å². The topological polar surface area (TPSA) is 0 Å². The van der Waals surface area contributed by atoms with Crippen LogP contribution in [0.15, 0.2) is 53.4 Å². The van der Waals surface area contributed by atoms with Crippen LogP contribution in [-0.2, 0) is 12.8 Å². The summed E-state index contributed by atoms with van der Waals surface area (Å²) >= 11 is 2.11. The van der Waals surface area contributed by atoms with Gasteiger partial charge in [-0.15, -0.1) is 11.8 Å². The van der Waals surface area contributed by atoms with Gasteiger partial charge in [0, 0.05) is 10.1 Å². The van der Waals surface area contributed by atoms with Crippen molar-refractivity contribution in [3.05, 3.63) is 65.2 Å². The molecule has 4 rings (SSSR count). The van der Waals surface area contributed by atoms with Crippen molar-refractivity contribution in [1.29, 1.82) is 0 Å². The molecule has 2 aliphatic rings. The van der Waals surface area contributed by atoms with E-state index in [2.05, 4.69) is 60.3 Å². The fourth-order valence-corrected chi connectivity index (χ4v) is 5.11. The molecule has 0 amide bonds. The molecular weight excluding hydrogens is 248 g/mol. The molecule has 0 fully saturated rings. The molecule has 1 heterocycles. The second kappa shape index (κ2) is 4.72. The van der Waals surface area contributed by atoms with Crippen molar-refractivity contribution in [2.24, 2.45) is 0 Å². The zero-order valence-corrected chi connectivity index (χ0v) is 11.8. The Balaban J connectivity index is 1.66. The standard InChI is InChI=1S/C18H18S/c1-3-9-15-13(6-1)8-5-10-16(15)18-12-14-7-2-4-11-17(14)19-18/h1-4,6-7,9,11,16,18H,5,8,10,12H2. The van der Waals surface area contributed by atoms with Gasteiger partial charge in [-0.25, -0.2) is 0 Å². The Morgan fingerprint density at radius 1 is 0.895 bits per heavy atom. The van der Waals surface area contributed by atoms with E-state index in [9.17, 15) is 0 Å². The van der Waals surface area contributed by atoms with E-state index in [0.29, 0.717) is 0 Å². The summed E-state index contributed by atoms with van der Waals surface area (Å²) in [7, 11) is 0. The molecule has 1 aliphatic heterocycles. The third kappa shape index (κ3) is 2.01. The highest BCUT2D eigenvalue weighted by Crippen LogP contribution is 2.47. The van der Waals surface area contributed by atoms with Crippen LogP contribution in [0.5, 0.6) is 0 Å². The molecule has 0 bridgehead atoms. The molecule has 0 aromatic heterocycles. The molecule has 0 radical (unpaired) electrons. The third-order valence-electron chi connectivity index (χ3n) is 4.54. The molecule has 2 atom stereocenters. The summed E-state index contributed by atoms with van der Waals surface area (Å²) in [6.07, 6.45) is 5.24. The molecule has 96 valence electrons. The zero-order chi connectivity index (χ0) is 12.7. The predicted octanol–water partition coefficient (Wildman–Crippen LogP) is 4.82. The quantitative estimate of drug-likeness (QED) is 0.713. The molecule has 0 N–H and O–H groups in total. The fourth-order valence-electron chi connectivity index (χ4n) is 3.61. The van der Waals surface area contributed by atoms with Gasteiger partial charge in [0.05, 0.1) is 0 Å². The van der Waals surface area contributed by atoms with Crippen LogP contribution in [0.2, 0.25) is 0 Å². The van der Waals surface area contributed by atoms with Crippen LogP contribution in [0.25, 0.3) is 0 Å². The van der Waals surface area contributed by atoms with E-state index < -0.39 is 0 Å². The average molecular weight is 266 g/mol. The number of hydrogen-bond acceptors (Lipinski definition) is 1. The normalized spacial score (nSPS) is 24.8. The fraction of sp³-hybridized carbons (Fsp3) is 0.333. The van der Waals surface area contributed by atoms with E-state index in [1.807, 2.05) is 0 Å². The van der Waals surface area contributed by atoms with Crippen molar-refractivity contribution in [2.75, 3.05) is 0 Å². The Morgan fingerprint density at radius 2 is 1.68 bits per heavy atom. The van der Waals surface area contributed by atoms with E-state index in [1.165, 1.54) is 30.6 Å². The molecule has 0 nitrogen and oxygen atoms in total. The van der Waals surface area contributed by atoms with Crippen LogP contribution in [0.3, 0.4) is 0 Å². The summed E-state index contributed by atoms with van der Waals surface area (Å²) in [5.74, 6) is 0.752. The summed E-state index contributed by atoms with van der Waals surface area (Å²) in [5.41, 5.74) is 4.77. The predicted molar refractivity (Wildman–Crippen MR) is 81.9 cm³/mol. The van der Waals surface area contributed by atoms with E-state index >= 15 is 0 Å². The molecule has 0 saturated heterocycles. The first-order chi connectivity index (χ1) is 9.42. The van der Waals surface area contributed by atoms with Gasteiger partial charge in [-0.2, -0.15) is 0 Å². The number of aryl methyl sites for hydroxylation is 1. The van der Waals surface area contributed by atoms with E-state index in [0.717, 1.165) is 11.2 Å². The first-order valence-electron chi connectivity index (χ1n) is 7.24. The minimum Gasteiger partial charge on any atom is -0.121 e. The Labute approximate surface area is 119 Å². The van der Waals surface area contributed by atoms with Crippen molar-refractivity contribution in [2.45, 2.75) is 41.7 Å². The van der Waals surface area contributed by atoms with Crippen LogP contribution in [-0.4, -0.2) is 5.25 Å². The number of fused-ring (bicyclic) bond motifs is 2. The van der Waals surface area contributed by atoms with Gasteiger partial charge < -0.3 is 0 Å². The lowest BCUT2D eigenvalue weighted by Gasteiger charge is -2.29. The first-order valence-corrected chi connectivity index (χ1v) is 8.12. The molecule has 19 heavy (non-hydrogen) atoms. The Morgan fingerprint density at radius 3 is 2.58 bits per heavy atom. The molecule has 0 saturated carbocycles. The molecule has 2 aromatic carbocycles. The first kappa shape index (κ1) is 11.6. The lowest BCUT2D eigenvalue weighted by atomic mass is 9.80. The Kier molecular flexibility index (Phi) is 2.88. The van der Waals surface area contributed by atoms with Crippen molar-refractivity contribution in [3.63, 3.8) is 0 Å². The summed E-state index contributed by atoms with van der Waals surface area (Å²) < 4.78 is 0. The van der Waals surface area contributed by atoms with Crippen molar-refractivity contribution >= 4 is 11.8 Å². The minimum atomic E-state index is 0.749. The lowest BCUT2D eigenvalue weighted by Crippen LogP contribution is -2.20. The molecular formula is C18H18S. The van der Waals surface area contributed by atoms with Crippen LogP contribution >= 0.6 is 11.8 Å².